The highest BCUT2D eigenvalue weighted by Gasteiger charge is 2.20. The van der Waals surface area contributed by atoms with Crippen molar-refractivity contribution in [1.82, 2.24) is 0 Å². The van der Waals surface area contributed by atoms with Gasteiger partial charge in [-0.25, -0.2) is 4.99 Å². The number of benzene rings is 2. The second-order valence-corrected chi connectivity index (χ2v) is 4.89. The maximum absolute atomic E-state index is 9.39. The topological polar surface area (TPSA) is 47.9 Å². The van der Waals surface area contributed by atoms with E-state index in [-0.39, 0.29) is 11.9 Å². The lowest BCUT2D eigenvalue weighted by Crippen LogP contribution is -2.34. The summed E-state index contributed by atoms with van der Waals surface area (Å²) in [5, 5.41) is 12.7. The van der Waals surface area contributed by atoms with E-state index in [0.29, 0.717) is 0 Å². The van der Waals surface area contributed by atoms with E-state index in [0.717, 1.165) is 22.8 Å². The summed E-state index contributed by atoms with van der Waals surface area (Å²) < 4.78 is 0. The zero-order valence-electron chi connectivity index (χ0n) is 11.5. The molecule has 102 valence electrons. The SMILES string of the molecule is CC1N=C(N(C)c2ccc(O)cc2)c2ccccc2N1. The summed E-state index contributed by atoms with van der Waals surface area (Å²) in [6, 6.07) is 15.3. The van der Waals surface area contributed by atoms with Crippen LogP contribution in [-0.2, 0) is 0 Å². The minimum Gasteiger partial charge on any atom is -0.508 e. The first-order chi connectivity index (χ1) is 9.65. The Labute approximate surface area is 118 Å². The molecule has 4 nitrogen and oxygen atoms in total. The standard InChI is InChI=1S/C16H17N3O/c1-11-17-15-6-4-3-5-14(15)16(18-11)19(2)12-7-9-13(20)10-8-12/h3-11,17,20H,1-2H3. The monoisotopic (exact) mass is 267 g/mol. The van der Waals surface area contributed by atoms with E-state index in [1.165, 1.54) is 0 Å². The molecule has 2 aromatic carbocycles. The van der Waals surface area contributed by atoms with Crippen molar-refractivity contribution in [3.05, 3.63) is 54.1 Å². The molecule has 1 atom stereocenters. The minimum absolute atomic E-state index is 0.0412. The molecule has 0 aromatic heterocycles. The van der Waals surface area contributed by atoms with Crippen LogP contribution < -0.4 is 10.2 Å². The number of nitrogens with one attached hydrogen (secondary N) is 1. The molecule has 20 heavy (non-hydrogen) atoms. The third-order valence-electron chi connectivity index (χ3n) is 3.40. The predicted octanol–water partition coefficient (Wildman–Crippen LogP) is 3.05. The number of hydrogen-bond donors (Lipinski definition) is 2. The number of aromatic hydroxyl groups is 1. The zero-order valence-corrected chi connectivity index (χ0v) is 11.5. The Morgan fingerprint density at radius 3 is 2.55 bits per heavy atom. The van der Waals surface area contributed by atoms with Gasteiger partial charge in [0.1, 0.15) is 17.8 Å². The molecule has 0 amide bonds. The van der Waals surface area contributed by atoms with Crippen molar-refractivity contribution in [2.75, 3.05) is 17.3 Å². The fourth-order valence-electron chi connectivity index (χ4n) is 2.38. The summed E-state index contributed by atoms with van der Waals surface area (Å²) in [6.07, 6.45) is 0.0412. The summed E-state index contributed by atoms with van der Waals surface area (Å²) in [5.74, 6) is 1.20. The van der Waals surface area contributed by atoms with Crippen LogP contribution in [0.3, 0.4) is 0 Å². The number of phenols is 1. The van der Waals surface area contributed by atoms with E-state index < -0.39 is 0 Å². The molecule has 0 aliphatic carbocycles. The quantitative estimate of drug-likeness (QED) is 0.835. The number of anilines is 2. The molecular formula is C16H17N3O. The minimum atomic E-state index is 0.0412. The number of para-hydroxylation sites is 1. The molecule has 0 saturated heterocycles. The highest BCUT2D eigenvalue weighted by molar-refractivity contribution is 6.13. The highest BCUT2D eigenvalue weighted by atomic mass is 16.3. The molecule has 1 aliphatic heterocycles. The fraction of sp³-hybridized carbons (Fsp3) is 0.188. The predicted molar refractivity (Wildman–Crippen MR) is 82.6 cm³/mol. The summed E-state index contributed by atoms with van der Waals surface area (Å²) >= 11 is 0. The first kappa shape index (κ1) is 12.5. The number of nitrogens with zero attached hydrogens (tertiary/aromatic N) is 2. The summed E-state index contributed by atoms with van der Waals surface area (Å²) in [5.41, 5.74) is 3.17. The van der Waals surface area contributed by atoms with E-state index in [2.05, 4.69) is 17.4 Å². The van der Waals surface area contributed by atoms with Crippen LogP contribution in [0, 0.1) is 0 Å². The van der Waals surface area contributed by atoms with Crippen LogP contribution in [-0.4, -0.2) is 24.2 Å². The Bertz CT molecular complexity index is 649. The van der Waals surface area contributed by atoms with Gasteiger partial charge in [-0.3, -0.25) is 0 Å². The van der Waals surface area contributed by atoms with Crippen molar-refractivity contribution in [3.63, 3.8) is 0 Å². The second-order valence-electron chi connectivity index (χ2n) is 4.89. The van der Waals surface area contributed by atoms with Gasteiger partial charge in [0.2, 0.25) is 0 Å². The molecule has 2 N–H and O–H groups in total. The number of rotatable bonds is 1. The normalized spacial score (nSPS) is 16.9. The lowest BCUT2D eigenvalue weighted by Gasteiger charge is -2.29. The van der Waals surface area contributed by atoms with E-state index in [9.17, 15) is 5.11 Å². The average Bonchev–Trinajstić information content (AvgIpc) is 2.46. The number of aliphatic imine (C=N–C) groups is 1. The number of fused-ring (bicyclic) bond motifs is 1. The van der Waals surface area contributed by atoms with Gasteiger partial charge in [0.05, 0.1) is 0 Å². The molecule has 0 saturated carbocycles. The van der Waals surface area contributed by atoms with Crippen molar-refractivity contribution in [3.8, 4) is 5.75 Å². The van der Waals surface area contributed by atoms with Gasteiger partial charge in [-0.15, -0.1) is 0 Å². The van der Waals surface area contributed by atoms with Gasteiger partial charge in [0.15, 0.2) is 0 Å². The number of amidine groups is 1. The lowest BCUT2D eigenvalue weighted by atomic mass is 10.1. The molecule has 0 bridgehead atoms. The van der Waals surface area contributed by atoms with Crippen LogP contribution >= 0.6 is 0 Å². The molecule has 0 fully saturated rings. The molecule has 2 aromatic rings. The van der Waals surface area contributed by atoms with E-state index in [1.54, 1.807) is 12.1 Å². The Morgan fingerprint density at radius 2 is 1.80 bits per heavy atom. The van der Waals surface area contributed by atoms with Crippen LogP contribution in [0.15, 0.2) is 53.5 Å². The van der Waals surface area contributed by atoms with E-state index in [4.69, 9.17) is 4.99 Å². The average molecular weight is 267 g/mol. The highest BCUT2D eigenvalue weighted by Crippen LogP contribution is 2.26. The van der Waals surface area contributed by atoms with Crippen molar-refractivity contribution in [1.29, 1.82) is 0 Å². The molecular weight excluding hydrogens is 250 g/mol. The molecule has 4 heteroatoms. The molecule has 1 heterocycles. The Hall–Kier alpha value is -2.49. The van der Waals surface area contributed by atoms with Crippen LogP contribution in [0.25, 0.3) is 0 Å². The van der Waals surface area contributed by atoms with Crippen LogP contribution in [0.5, 0.6) is 5.75 Å². The molecule has 1 unspecified atom stereocenters. The second kappa shape index (κ2) is 4.89. The third-order valence-corrected chi connectivity index (χ3v) is 3.40. The van der Waals surface area contributed by atoms with Crippen LogP contribution in [0.2, 0.25) is 0 Å². The Balaban J connectivity index is 2.02. The van der Waals surface area contributed by atoms with Crippen LogP contribution in [0.4, 0.5) is 11.4 Å². The van der Waals surface area contributed by atoms with Gasteiger partial charge >= 0.3 is 0 Å². The molecule has 0 radical (unpaired) electrons. The number of phenolic OH excluding ortho intramolecular Hbond substituents is 1. The zero-order chi connectivity index (χ0) is 14.1. The summed E-state index contributed by atoms with van der Waals surface area (Å²) in [4.78, 5) is 6.73. The maximum atomic E-state index is 9.39. The molecule has 1 aliphatic rings. The van der Waals surface area contributed by atoms with Crippen molar-refractivity contribution < 1.29 is 5.11 Å². The smallest absolute Gasteiger partial charge is 0.139 e. The fourth-order valence-corrected chi connectivity index (χ4v) is 2.38. The Kier molecular flexibility index (Phi) is 3.06. The van der Waals surface area contributed by atoms with Gasteiger partial charge in [-0.1, -0.05) is 12.1 Å². The van der Waals surface area contributed by atoms with Gasteiger partial charge < -0.3 is 15.3 Å². The Morgan fingerprint density at radius 1 is 1.10 bits per heavy atom. The van der Waals surface area contributed by atoms with Gasteiger partial charge in [-0.2, -0.15) is 0 Å². The largest absolute Gasteiger partial charge is 0.508 e. The van der Waals surface area contributed by atoms with Gasteiger partial charge in [0.25, 0.3) is 0 Å². The van der Waals surface area contributed by atoms with Crippen molar-refractivity contribution in [2.24, 2.45) is 4.99 Å². The third kappa shape index (κ3) is 2.20. The van der Waals surface area contributed by atoms with Gasteiger partial charge in [0, 0.05) is 24.0 Å². The first-order valence-corrected chi connectivity index (χ1v) is 6.61. The summed E-state index contributed by atoms with van der Waals surface area (Å²) in [7, 11) is 1.99. The number of hydrogen-bond acceptors (Lipinski definition) is 4. The van der Waals surface area contributed by atoms with E-state index >= 15 is 0 Å². The van der Waals surface area contributed by atoms with Crippen molar-refractivity contribution >= 4 is 17.2 Å². The maximum Gasteiger partial charge on any atom is 0.139 e. The summed E-state index contributed by atoms with van der Waals surface area (Å²) in [6.45, 7) is 2.03. The van der Waals surface area contributed by atoms with Crippen LogP contribution in [0.1, 0.15) is 12.5 Å². The molecule has 3 rings (SSSR count). The van der Waals surface area contributed by atoms with Gasteiger partial charge in [-0.05, 0) is 43.3 Å². The van der Waals surface area contributed by atoms with Crippen molar-refractivity contribution in [2.45, 2.75) is 13.1 Å². The first-order valence-electron chi connectivity index (χ1n) is 6.61. The molecule has 0 spiro atoms. The van der Waals surface area contributed by atoms with E-state index in [1.807, 2.05) is 43.1 Å². The lowest BCUT2D eigenvalue weighted by molar-refractivity contribution is 0.475.